The Morgan fingerprint density at radius 2 is 2.04 bits per heavy atom. The molecule has 0 spiro atoms. The maximum atomic E-state index is 11.6. The van der Waals surface area contributed by atoms with Crippen LogP contribution in [0, 0.1) is 5.41 Å². The zero-order valence-electron chi connectivity index (χ0n) is 14.1. The Kier molecular flexibility index (Phi) is 2.96. The lowest BCUT2D eigenvalue weighted by molar-refractivity contribution is -0.189. The fourth-order valence-corrected chi connectivity index (χ4v) is 4.08. The number of nitrogens with zero attached hydrogens (tertiary/aromatic N) is 3. The second-order valence-corrected chi connectivity index (χ2v) is 7.45. The molecule has 2 aliphatic rings. The highest BCUT2D eigenvalue weighted by molar-refractivity contribution is 5.65. The average Bonchev–Trinajstić information content (AvgIpc) is 3.14. The van der Waals surface area contributed by atoms with Gasteiger partial charge in [0.05, 0.1) is 11.8 Å². The molecule has 3 heterocycles. The van der Waals surface area contributed by atoms with Gasteiger partial charge in [0.2, 0.25) is 0 Å². The first-order chi connectivity index (χ1) is 11.2. The molecule has 24 heavy (non-hydrogen) atoms. The van der Waals surface area contributed by atoms with Crippen LogP contribution in [-0.4, -0.2) is 37.7 Å². The Hall–Kier alpha value is -1.96. The van der Waals surface area contributed by atoms with Gasteiger partial charge in [0.25, 0.3) is 0 Å². The highest BCUT2D eigenvalue weighted by Gasteiger charge is 2.66. The molecule has 0 amide bonds. The standard InChI is InChI=1S/C17H22N4O3/c1-5-16(4)8-17(22,13-12(16)23-15(2,3)24-13)11-7-6-10-14(18)19-9-20-21(10)11/h5-7,9,12-13,22H,1,8H2,2-4H3,(H2,18,19,20)/t12-,13+,16-,17+/m0/s1. The van der Waals surface area contributed by atoms with Crippen molar-refractivity contribution < 1.29 is 14.6 Å². The second-order valence-electron chi connectivity index (χ2n) is 7.45. The third kappa shape index (κ3) is 1.89. The van der Waals surface area contributed by atoms with Crippen LogP contribution < -0.4 is 5.73 Å². The molecule has 1 aliphatic heterocycles. The smallest absolute Gasteiger partial charge is 0.163 e. The first kappa shape index (κ1) is 15.6. The summed E-state index contributed by atoms with van der Waals surface area (Å²) in [6, 6.07) is 3.63. The molecule has 2 aromatic rings. The quantitative estimate of drug-likeness (QED) is 0.813. The van der Waals surface area contributed by atoms with Crippen molar-refractivity contribution >= 4 is 11.3 Å². The number of ether oxygens (including phenoxy) is 2. The zero-order valence-corrected chi connectivity index (χ0v) is 14.1. The van der Waals surface area contributed by atoms with Crippen LogP contribution in [0.1, 0.15) is 32.9 Å². The van der Waals surface area contributed by atoms with E-state index in [1.54, 1.807) is 4.52 Å². The van der Waals surface area contributed by atoms with Gasteiger partial charge < -0.3 is 20.3 Å². The molecule has 0 aromatic carbocycles. The molecule has 7 nitrogen and oxygen atoms in total. The fraction of sp³-hybridized carbons (Fsp3) is 0.529. The lowest BCUT2D eigenvalue weighted by atomic mass is 9.84. The number of hydrogen-bond donors (Lipinski definition) is 2. The van der Waals surface area contributed by atoms with Crippen molar-refractivity contribution in [3.8, 4) is 0 Å². The van der Waals surface area contributed by atoms with E-state index in [0.29, 0.717) is 23.4 Å². The number of aromatic nitrogens is 3. The number of nitrogens with two attached hydrogens (primary N) is 1. The van der Waals surface area contributed by atoms with Crippen LogP contribution in [0.2, 0.25) is 0 Å². The highest BCUT2D eigenvalue weighted by Crippen LogP contribution is 2.57. The van der Waals surface area contributed by atoms with E-state index in [9.17, 15) is 5.11 Å². The molecule has 1 saturated carbocycles. The van der Waals surface area contributed by atoms with E-state index < -0.39 is 22.9 Å². The van der Waals surface area contributed by atoms with Crippen molar-refractivity contribution in [1.29, 1.82) is 0 Å². The van der Waals surface area contributed by atoms with E-state index >= 15 is 0 Å². The predicted octanol–water partition coefficient (Wildman–Crippen LogP) is 1.62. The van der Waals surface area contributed by atoms with E-state index in [0.717, 1.165) is 0 Å². The van der Waals surface area contributed by atoms with Gasteiger partial charge in [-0.3, -0.25) is 0 Å². The summed E-state index contributed by atoms with van der Waals surface area (Å²) in [5, 5.41) is 15.9. The molecule has 2 fully saturated rings. The second kappa shape index (κ2) is 4.56. The number of hydrogen-bond acceptors (Lipinski definition) is 6. The summed E-state index contributed by atoms with van der Waals surface area (Å²) >= 11 is 0. The molecule has 128 valence electrons. The van der Waals surface area contributed by atoms with Gasteiger partial charge in [0, 0.05) is 5.41 Å². The molecule has 4 atom stereocenters. The number of rotatable bonds is 2. The van der Waals surface area contributed by atoms with Crippen molar-refractivity contribution in [2.75, 3.05) is 5.73 Å². The highest BCUT2D eigenvalue weighted by atomic mass is 16.8. The minimum atomic E-state index is -1.27. The van der Waals surface area contributed by atoms with Gasteiger partial charge in [-0.25, -0.2) is 9.50 Å². The summed E-state index contributed by atoms with van der Waals surface area (Å²) in [4.78, 5) is 4.00. The normalized spacial score (nSPS) is 37.7. The molecule has 4 rings (SSSR count). The van der Waals surface area contributed by atoms with Crippen molar-refractivity contribution in [3.05, 3.63) is 36.8 Å². The van der Waals surface area contributed by atoms with E-state index in [1.807, 2.05) is 39.0 Å². The molecule has 1 saturated heterocycles. The molecule has 0 bridgehead atoms. The molecule has 1 aliphatic carbocycles. The summed E-state index contributed by atoms with van der Waals surface area (Å²) in [6.07, 6.45) is 2.83. The van der Waals surface area contributed by atoms with Gasteiger partial charge >= 0.3 is 0 Å². The lowest BCUT2D eigenvalue weighted by Gasteiger charge is -2.31. The van der Waals surface area contributed by atoms with Gasteiger partial charge in [0.1, 0.15) is 23.5 Å². The minimum absolute atomic E-state index is 0.292. The minimum Gasteiger partial charge on any atom is -0.382 e. The van der Waals surface area contributed by atoms with Crippen LogP contribution in [0.15, 0.2) is 31.1 Å². The van der Waals surface area contributed by atoms with Gasteiger partial charge in [-0.05, 0) is 32.4 Å². The summed E-state index contributed by atoms with van der Waals surface area (Å²) in [5.41, 5.74) is 5.50. The van der Waals surface area contributed by atoms with Crippen LogP contribution >= 0.6 is 0 Å². The Bertz CT molecular complexity index is 832. The van der Waals surface area contributed by atoms with Crippen molar-refractivity contribution in [2.45, 2.75) is 50.8 Å². The van der Waals surface area contributed by atoms with Gasteiger partial charge in [-0.15, -0.1) is 6.58 Å². The van der Waals surface area contributed by atoms with Crippen LogP contribution in [0.5, 0.6) is 0 Å². The summed E-state index contributed by atoms with van der Waals surface area (Å²) < 4.78 is 13.8. The molecule has 3 N–H and O–H groups in total. The van der Waals surface area contributed by atoms with E-state index in [4.69, 9.17) is 15.2 Å². The number of fused-ring (bicyclic) bond motifs is 2. The zero-order chi connectivity index (χ0) is 17.3. The van der Waals surface area contributed by atoms with E-state index in [-0.39, 0.29) is 6.10 Å². The molecular weight excluding hydrogens is 308 g/mol. The maximum absolute atomic E-state index is 11.6. The SMILES string of the molecule is C=C[C@@]1(C)C[C@@](O)(c2ccc3c(N)ncnn23)[C@@H]2OC(C)(C)O[C@@H]21. The number of nitrogen functional groups attached to an aromatic ring is 1. The first-order valence-corrected chi connectivity index (χ1v) is 8.00. The fourth-order valence-electron chi connectivity index (χ4n) is 4.08. The van der Waals surface area contributed by atoms with E-state index in [2.05, 4.69) is 16.7 Å². The number of aliphatic hydroxyl groups is 1. The topological polar surface area (TPSA) is 94.9 Å². The number of anilines is 1. The van der Waals surface area contributed by atoms with Crippen LogP contribution in [0.4, 0.5) is 5.82 Å². The third-order valence-electron chi connectivity index (χ3n) is 5.26. The average molecular weight is 330 g/mol. The van der Waals surface area contributed by atoms with Crippen LogP contribution in [-0.2, 0) is 15.1 Å². The lowest BCUT2D eigenvalue weighted by Crippen LogP contribution is -2.40. The Morgan fingerprint density at radius 3 is 2.75 bits per heavy atom. The Balaban J connectivity index is 1.89. The molecule has 0 unspecified atom stereocenters. The maximum Gasteiger partial charge on any atom is 0.163 e. The van der Waals surface area contributed by atoms with Crippen molar-refractivity contribution in [1.82, 2.24) is 14.6 Å². The van der Waals surface area contributed by atoms with Crippen LogP contribution in [0.25, 0.3) is 5.52 Å². The molecule has 0 radical (unpaired) electrons. The van der Waals surface area contributed by atoms with Gasteiger partial charge in [-0.2, -0.15) is 5.10 Å². The summed E-state index contributed by atoms with van der Waals surface area (Å²) in [7, 11) is 0. The molecule has 2 aromatic heterocycles. The monoisotopic (exact) mass is 330 g/mol. The Morgan fingerprint density at radius 1 is 1.33 bits per heavy atom. The molecular formula is C17H22N4O3. The third-order valence-corrected chi connectivity index (χ3v) is 5.26. The van der Waals surface area contributed by atoms with Crippen LogP contribution in [0.3, 0.4) is 0 Å². The summed E-state index contributed by atoms with van der Waals surface area (Å²) in [5.74, 6) is -0.403. The van der Waals surface area contributed by atoms with Gasteiger partial charge in [0.15, 0.2) is 11.6 Å². The van der Waals surface area contributed by atoms with Crippen molar-refractivity contribution in [3.63, 3.8) is 0 Å². The largest absolute Gasteiger partial charge is 0.382 e. The van der Waals surface area contributed by atoms with E-state index in [1.165, 1.54) is 6.33 Å². The van der Waals surface area contributed by atoms with Gasteiger partial charge in [-0.1, -0.05) is 13.0 Å². The van der Waals surface area contributed by atoms with Crippen molar-refractivity contribution in [2.24, 2.45) is 5.41 Å². The first-order valence-electron chi connectivity index (χ1n) is 8.00. The molecule has 7 heteroatoms. The Labute approximate surface area is 140 Å². The summed E-state index contributed by atoms with van der Waals surface area (Å²) in [6.45, 7) is 9.68. The predicted molar refractivity (Wildman–Crippen MR) is 88.0 cm³/mol.